The number of carbonyl (C=O) groups is 1. The molecule has 0 aromatic heterocycles. The van der Waals surface area contributed by atoms with Crippen LogP contribution in [-0.2, 0) is 4.79 Å². The first kappa shape index (κ1) is 13.5. The molecule has 1 aliphatic heterocycles. The highest BCUT2D eigenvalue weighted by Crippen LogP contribution is 2.29. The van der Waals surface area contributed by atoms with Crippen molar-refractivity contribution in [2.75, 3.05) is 30.3 Å². The second-order valence-electron chi connectivity index (χ2n) is 4.86. The van der Waals surface area contributed by atoms with E-state index in [9.17, 15) is 4.79 Å². The number of piperidine rings is 1. The first-order valence-corrected chi connectivity index (χ1v) is 6.67. The fraction of sp³-hybridized carbons (Fsp3) is 0.500. The Morgan fingerprint density at radius 2 is 2.05 bits per heavy atom. The van der Waals surface area contributed by atoms with Gasteiger partial charge in [-0.05, 0) is 25.8 Å². The molecule has 1 aliphatic rings. The van der Waals surface area contributed by atoms with Crippen molar-refractivity contribution in [1.82, 2.24) is 0 Å². The van der Waals surface area contributed by atoms with Crippen molar-refractivity contribution in [2.45, 2.75) is 19.8 Å². The lowest BCUT2D eigenvalue weighted by atomic mass is 9.96. The van der Waals surface area contributed by atoms with Crippen molar-refractivity contribution >= 4 is 17.3 Å². The van der Waals surface area contributed by atoms with Gasteiger partial charge in [0.1, 0.15) is 5.75 Å². The SMILES string of the molecule is CCOc1cc(N)cc(N2CCC(C(N)=O)CC2)c1. The Bertz CT molecular complexity index is 454. The van der Waals surface area contributed by atoms with E-state index >= 15 is 0 Å². The van der Waals surface area contributed by atoms with Crippen molar-refractivity contribution in [3.8, 4) is 5.75 Å². The van der Waals surface area contributed by atoms with E-state index < -0.39 is 0 Å². The number of nitrogen functional groups attached to an aromatic ring is 1. The molecular weight excluding hydrogens is 242 g/mol. The zero-order chi connectivity index (χ0) is 13.8. The Balaban J connectivity index is 2.08. The minimum absolute atomic E-state index is 0.00340. The number of hydrogen-bond donors (Lipinski definition) is 2. The molecule has 5 heteroatoms. The van der Waals surface area contributed by atoms with Crippen molar-refractivity contribution < 1.29 is 9.53 Å². The number of amides is 1. The summed E-state index contributed by atoms with van der Waals surface area (Å²) in [5.74, 6) is 0.598. The van der Waals surface area contributed by atoms with E-state index in [4.69, 9.17) is 16.2 Å². The van der Waals surface area contributed by atoms with Gasteiger partial charge in [0, 0.05) is 42.5 Å². The zero-order valence-electron chi connectivity index (χ0n) is 11.3. The Morgan fingerprint density at radius 3 is 2.63 bits per heavy atom. The third-order valence-corrected chi connectivity index (χ3v) is 3.49. The van der Waals surface area contributed by atoms with Crippen LogP contribution in [0.25, 0.3) is 0 Å². The van der Waals surface area contributed by atoms with Crippen LogP contribution >= 0.6 is 0 Å². The van der Waals surface area contributed by atoms with E-state index in [0.29, 0.717) is 12.3 Å². The zero-order valence-corrected chi connectivity index (χ0v) is 11.3. The Hall–Kier alpha value is -1.91. The lowest BCUT2D eigenvalue weighted by Crippen LogP contribution is -2.38. The molecule has 5 nitrogen and oxygen atoms in total. The number of nitrogens with two attached hydrogens (primary N) is 2. The molecule has 104 valence electrons. The van der Waals surface area contributed by atoms with Crippen molar-refractivity contribution in [3.05, 3.63) is 18.2 Å². The molecule has 0 saturated carbocycles. The number of rotatable bonds is 4. The molecule has 0 aliphatic carbocycles. The number of benzene rings is 1. The first-order chi connectivity index (χ1) is 9.10. The highest BCUT2D eigenvalue weighted by Gasteiger charge is 2.23. The summed E-state index contributed by atoms with van der Waals surface area (Å²) in [5, 5.41) is 0. The second kappa shape index (κ2) is 5.82. The molecule has 1 aromatic carbocycles. The Labute approximate surface area is 113 Å². The van der Waals surface area contributed by atoms with Crippen LogP contribution < -0.4 is 21.1 Å². The third-order valence-electron chi connectivity index (χ3n) is 3.49. The quantitative estimate of drug-likeness (QED) is 0.804. The summed E-state index contributed by atoms with van der Waals surface area (Å²) in [4.78, 5) is 13.4. The van der Waals surface area contributed by atoms with Gasteiger partial charge in [-0.25, -0.2) is 0 Å². The number of primary amides is 1. The number of anilines is 2. The average Bonchev–Trinajstić information content (AvgIpc) is 2.38. The molecule has 1 fully saturated rings. The summed E-state index contributed by atoms with van der Waals surface area (Å²) in [6, 6.07) is 5.75. The molecule has 0 radical (unpaired) electrons. The summed E-state index contributed by atoms with van der Waals surface area (Å²) in [6.45, 7) is 4.21. The highest BCUT2D eigenvalue weighted by atomic mass is 16.5. The van der Waals surface area contributed by atoms with Crippen LogP contribution in [0.1, 0.15) is 19.8 Å². The third kappa shape index (κ3) is 3.30. The molecule has 0 bridgehead atoms. The molecule has 1 saturated heterocycles. The Kier molecular flexibility index (Phi) is 4.14. The van der Waals surface area contributed by atoms with Gasteiger partial charge in [-0.2, -0.15) is 0 Å². The minimum atomic E-state index is -0.192. The largest absolute Gasteiger partial charge is 0.494 e. The molecule has 19 heavy (non-hydrogen) atoms. The van der Waals surface area contributed by atoms with E-state index in [1.807, 2.05) is 25.1 Å². The van der Waals surface area contributed by atoms with E-state index in [0.717, 1.165) is 37.4 Å². The predicted molar refractivity (Wildman–Crippen MR) is 76.2 cm³/mol. The fourth-order valence-corrected chi connectivity index (χ4v) is 2.46. The molecule has 1 amide bonds. The monoisotopic (exact) mass is 263 g/mol. The van der Waals surface area contributed by atoms with E-state index in [-0.39, 0.29) is 11.8 Å². The van der Waals surface area contributed by atoms with Gasteiger partial charge in [-0.3, -0.25) is 4.79 Å². The minimum Gasteiger partial charge on any atom is -0.494 e. The van der Waals surface area contributed by atoms with Crippen LogP contribution in [0.2, 0.25) is 0 Å². The van der Waals surface area contributed by atoms with E-state index in [2.05, 4.69) is 4.90 Å². The summed E-state index contributed by atoms with van der Waals surface area (Å²) >= 11 is 0. The van der Waals surface area contributed by atoms with Gasteiger partial charge in [0.05, 0.1) is 6.61 Å². The van der Waals surface area contributed by atoms with Crippen molar-refractivity contribution in [3.63, 3.8) is 0 Å². The Morgan fingerprint density at radius 1 is 1.37 bits per heavy atom. The maximum Gasteiger partial charge on any atom is 0.220 e. The van der Waals surface area contributed by atoms with Gasteiger partial charge >= 0.3 is 0 Å². The molecule has 1 aromatic rings. The van der Waals surface area contributed by atoms with E-state index in [1.165, 1.54) is 0 Å². The van der Waals surface area contributed by atoms with Crippen LogP contribution in [0, 0.1) is 5.92 Å². The number of hydrogen-bond acceptors (Lipinski definition) is 4. The van der Waals surface area contributed by atoms with Gasteiger partial charge in [0.2, 0.25) is 5.91 Å². The summed E-state index contributed by atoms with van der Waals surface area (Å²) in [6.07, 6.45) is 1.60. The fourth-order valence-electron chi connectivity index (χ4n) is 2.46. The van der Waals surface area contributed by atoms with Gasteiger partial charge in [0.25, 0.3) is 0 Å². The van der Waals surface area contributed by atoms with Gasteiger partial charge in [-0.1, -0.05) is 0 Å². The molecule has 1 heterocycles. The summed E-state index contributed by atoms with van der Waals surface area (Å²) in [5.41, 5.74) is 13.0. The highest BCUT2D eigenvalue weighted by molar-refractivity contribution is 5.77. The summed E-state index contributed by atoms with van der Waals surface area (Å²) in [7, 11) is 0. The van der Waals surface area contributed by atoms with Crippen molar-refractivity contribution in [2.24, 2.45) is 11.7 Å². The number of ether oxygens (including phenoxy) is 1. The standard InChI is InChI=1S/C14H21N3O2/c1-2-19-13-8-11(15)7-12(9-13)17-5-3-10(4-6-17)14(16)18/h7-10H,2-6,15H2,1H3,(H2,16,18). The van der Waals surface area contributed by atoms with Gasteiger partial charge < -0.3 is 21.1 Å². The lowest BCUT2D eigenvalue weighted by Gasteiger charge is -2.32. The predicted octanol–water partition coefficient (Wildman–Crippen LogP) is 1.37. The number of nitrogens with zero attached hydrogens (tertiary/aromatic N) is 1. The normalized spacial score (nSPS) is 16.4. The van der Waals surface area contributed by atoms with Crippen LogP contribution in [0.15, 0.2) is 18.2 Å². The van der Waals surface area contributed by atoms with E-state index in [1.54, 1.807) is 0 Å². The molecule has 2 rings (SSSR count). The molecular formula is C14H21N3O2. The molecule has 4 N–H and O–H groups in total. The molecule has 0 atom stereocenters. The average molecular weight is 263 g/mol. The summed E-state index contributed by atoms with van der Waals surface area (Å²) < 4.78 is 5.50. The van der Waals surface area contributed by atoms with Crippen LogP contribution in [0.5, 0.6) is 5.75 Å². The lowest BCUT2D eigenvalue weighted by molar-refractivity contribution is -0.122. The van der Waals surface area contributed by atoms with Gasteiger partial charge in [0.15, 0.2) is 0 Å². The van der Waals surface area contributed by atoms with Crippen LogP contribution in [0.3, 0.4) is 0 Å². The molecule has 0 unspecified atom stereocenters. The maximum atomic E-state index is 11.2. The second-order valence-corrected chi connectivity index (χ2v) is 4.86. The smallest absolute Gasteiger partial charge is 0.220 e. The van der Waals surface area contributed by atoms with Crippen molar-refractivity contribution in [1.29, 1.82) is 0 Å². The number of carbonyl (C=O) groups excluding carboxylic acids is 1. The topological polar surface area (TPSA) is 81.6 Å². The van der Waals surface area contributed by atoms with Crippen LogP contribution in [-0.4, -0.2) is 25.6 Å². The maximum absolute atomic E-state index is 11.2. The van der Waals surface area contributed by atoms with Crippen LogP contribution in [0.4, 0.5) is 11.4 Å². The molecule has 0 spiro atoms. The first-order valence-electron chi connectivity index (χ1n) is 6.67. The van der Waals surface area contributed by atoms with Gasteiger partial charge in [-0.15, -0.1) is 0 Å².